The van der Waals surface area contributed by atoms with Crippen molar-refractivity contribution < 1.29 is 4.52 Å². The summed E-state index contributed by atoms with van der Waals surface area (Å²) in [6, 6.07) is 1.89. The van der Waals surface area contributed by atoms with Crippen LogP contribution in [0.4, 0.5) is 5.82 Å². The number of aryl methyl sites for hydroxylation is 2. The van der Waals surface area contributed by atoms with Gasteiger partial charge in [0, 0.05) is 18.7 Å². The molecule has 0 bridgehead atoms. The molecule has 0 radical (unpaired) electrons. The summed E-state index contributed by atoms with van der Waals surface area (Å²) >= 11 is 0. The van der Waals surface area contributed by atoms with E-state index < -0.39 is 0 Å². The molecule has 0 saturated heterocycles. The van der Waals surface area contributed by atoms with Gasteiger partial charge < -0.3 is 9.84 Å². The molecule has 0 aliphatic heterocycles. The first-order valence-electron chi connectivity index (χ1n) is 5.54. The lowest BCUT2D eigenvalue weighted by Gasteiger charge is -2.13. The molecule has 0 aliphatic rings. The van der Waals surface area contributed by atoms with Gasteiger partial charge in [0.2, 0.25) is 5.89 Å². The Hall–Kier alpha value is -1.98. The molecule has 2 rings (SSSR count). The van der Waals surface area contributed by atoms with Crippen LogP contribution in [0.1, 0.15) is 36.8 Å². The summed E-state index contributed by atoms with van der Waals surface area (Å²) in [4.78, 5) is 12.4. The molecule has 2 heterocycles. The van der Waals surface area contributed by atoms with Crippen LogP contribution in [0.2, 0.25) is 0 Å². The van der Waals surface area contributed by atoms with Gasteiger partial charge in [0.25, 0.3) is 0 Å². The van der Waals surface area contributed by atoms with Crippen molar-refractivity contribution in [2.45, 2.75) is 33.2 Å². The van der Waals surface area contributed by atoms with E-state index in [1.54, 1.807) is 6.92 Å². The van der Waals surface area contributed by atoms with E-state index in [-0.39, 0.29) is 6.04 Å². The number of hydrogen-bond donors (Lipinski definition) is 1. The first kappa shape index (κ1) is 11.5. The highest BCUT2D eigenvalue weighted by atomic mass is 16.5. The maximum Gasteiger partial charge on any atom is 0.223 e. The first-order chi connectivity index (χ1) is 8.19. The second kappa shape index (κ2) is 4.90. The second-order valence-electron chi connectivity index (χ2n) is 3.82. The Kier molecular flexibility index (Phi) is 3.32. The van der Waals surface area contributed by atoms with Crippen LogP contribution in [-0.2, 0) is 0 Å². The molecular formula is C11H15N5O. The minimum absolute atomic E-state index is 0.00162. The summed E-state index contributed by atoms with van der Waals surface area (Å²) in [5, 5.41) is 7.18. The van der Waals surface area contributed by atoms with Crippen molar-refractivity contribution in [1.29, 1.82) is 0 Å². The van der Waals surface area contributed by atoms with E-state index >= 15 is 0 Å². The Morgan fingerprint density at radius 1 is 1.35 bits per heavy atom. The van der Waals surface area contributed by atoms with E-state index in [1.165, 1.54) is 6.33 Å². The van der Waals surface area contributed by atoms with E-state index in [2.05, 4.69) is 32.3 Å². The maximum absolute atomic E-state index is 4.97. The zero-order chi connectivity index (χ0) is 12.3. The van der Waals surface area contributed by atoms with Gasteiger partial charge in [-0.05, 0) is 13.3 Å². The fraction of sp³-hybridized carbons (Fsp3) is 0.455. The summed E-state index contributed by atoms with van der Waals surface area (Å²) in [7, 11) is 0. The van der Waals surface area contributed by atoms with Crippen LogP contribution < -0.4 is 5.32 Å². The van der Waals surface area contributed by atoms with E-state index in [0.29, 0.717) is 11.7 Å². The molecule has 1 unspecified atom stereocenters. The van der Waals surface area contributed by atoms with E-state index in [9.17, 15) is 0 Å². The summed E-state index contributed by atoms with van der Waals surface area (Å²) in [5.41, 5.74) is 0.918. The van der Waals surface area contributed by atoms with Crippen LogP contribution in [0, 0.1) is 13.8 Å². The Labute approximate surface area is 99.5 Å². The van der Waals surface area contributed by atoms with Gasteiger partial charge >= 0.3 is 0 Å². The van der Waals surface area contributed by atoms with Crippen LogP contribution in [0.25, 0.3) is 0 Å². The normalized spacial score (nSPS) is 12.4. The Bertz CT molecular complexity index is 496. The van der Waals surface area contributed by atoms with Crippen molar-refractivity contribution >= 4 is 5.82 Å². The highest BCUT2D eigenvalue weighted by Gasteiger charge is 2.15. The lowest BCUT2D eigenvalue weighted by Crippen LogP contribution is -2.12. The van der Waals surface area contributed by atoms with Crippen LogP contribution in [0.5, 0.6) is 0 Å². The van der Waals surface area contributed by atoms with Gasteiger partial charge in [-0.1, -0.05) is 12.1 Å². The van der Waals surface area contributed by atoms with Crippen LogP contribution >= 0.6 is 0 Å². The minimum atomic E-state index is 0.00162. The molecule has 6 heteroatoms. The van der Waals surface area contributed by atoms with Crippen LogP contribution in [0.3, 0.4) is 0 Å². The van der Waals surface area contributed by atoms with Crippen molar-refractivity contribution in [3.05, 3.63) is 29.8 Å². The predicted octanol–water partition coefficient (Wildman–Crippen LogP) is 2.04. The molecule has 1 atom stereocenters. The summed E-state index contributed by atoms with van der Waals surface area (Å²) < 4.78 is 4.97. The molecule has 90 valence electrons. The Morgan fingerprint density at radius 3 is 2.76 bits per heavy atom. The molecular weight excluding hydrogens is 218 g/mol. The van der Waals surface area contributed by atoms with Gasteiger partial charge in [-0.3, -0.25) is 0 Å². The van der Waals surface area contributed by atoms with Gasteiger partial charge in [-0.25, -0.2) is 9.97 Å². The van der Waals surface area contributed by atoms with Crippen molar-refractivity contribution in [1.82, 2.24) is 20.1 Å². The molecule has 17 heavy (non-hydrogen) atoms. The lowest BCUT2D eigenvalue weighted by molar-refractivity contribution is 0.384. The summed E-state index contributed by atoms with van der Waals surface area (Å²) in [5.74, 6) is 1.99. The maximum atomic E-state index is 4.97. The number of nitrogens with zero attached hydrogens (tertiary/aromatic N) is 4. The van der Waals surface area contributed by atoms with Gasteiger partial charge in [0.15, 0.2) is 5.82 Å². The fourth-order valence-electron chi connectivity index (χ4n) is 1.52. The van der Waals surface area contributed by atoms with Gasteiger partial charge in [-0.2, -0.15) is 4.98 Å². The highest BCUT2D eigenvalue weighted by Crippen LogP contribution is 2.18. The first-order valence-corrected chi connectivity index (χ1v) is 5.54. The average molecular weight is 233 g/mol. The predicted molar refractivity (Wildman–Crippen MR) is 62.5 cm³/mol. The molecule has 0 spiro atoms. The fourth-order valence-corrected chi connectivity index (χ4v) is 1.52. The quantitative estimate of drug-likeness (QED) is 0.870. The molecule has 0 fully saturated rings. The van der Waals surface area contributed by atoms with E-state index in [1.807, 2.05) is 13.0 Å². The molecule has 2 aromatic rings. The van der Waals surface area contributed by atoms with Gasteiger partial charge in [0.1, 0.15) is 12.1 Å². The van der Waals surface area contributed by atoms with Crippen LogP contribution in [0.15, 0.2) is 16.9 Å². The van der Waals surface area contributed by atoms with Crippen molar-refractivity contribution in [2.75, 3.05) is 5.32 Å². The highest BCUT2D eigenvalue weighted by molar-refractivity contribution is 5.36. The summed E-state index contributed by atoms with van der Waals surface area (Å²) in [6.45, 7) is 5.75. The van der Waals surface area contributed by atoms with E-state index in [4.69, 9.17) is 4.52 Å². The molecule has 0 aliphatic carbocycles. The van der Waals surface area contributed by atoms with E-state index in [0.717, 1.165) is 17.9 Å². The van der Waals surface area contributed by atoms with Crippen molar-refractivity contribution in [3.63, 3.8) is 0 Å². The van der Waals surface area contributed by atoms with Gasteiger partial charge in [0.05, 0.1) is 6.04 Å². The largest absolute Gasteiger partial charge is 0.360 e. The molecule has 6 nitrogen and oxygen atoms in total. The average Bonchev–Trinajstić information content (AvgIpc) is 2.73. The van der Waals surface area contributed by atoms with Crippen molar-refractivity contribution in [3.8, 4) is 0 Å². The van der Waals surface area contributed by atoms with Crippen molar-refractivity contribution in [2.24, 2.45) is 0 Å². The smallest absolute Gasteiger partial charge is 0.223 e. The Balaban J connectivity index is 2.15. The van der Waals surface area contributed by atoms with Gasteiger partial charge in [-0.15, -0.1) is 0 Å². The monoisotopic (exact) mass is 233 g/mol. The third kappa shape index (κ3) is 2.77. The number of anilines is 1. The molecule has 0 saturated carbocycles. The minimum Gasteiger partial charge on any atom is -0.360 e. The SMILES string of the molecule is CCC(Nc1cc(C)ncn1)c1noc(C)n1. The number of hydrogen-bond acceptors (Lipinski definition) is 6. The van der Waals surface area contributed by atoms with Crippen LogP contribution in [-0.4, -0.2) is 20.1 Å². The zero-order valence-corrected chi connectivity index (χ0v) is 10.1. The Morgan fingerprint density at radius 2 is 2.18 bits per heavy atom. The third-order valence-electron chi connectivity index (χ3n) is 2.39. The standard InChI is InChI=1S/C11H15N5O/c1-4-9(11-14-8(3)17-16-11)15-10-5-7(2)12-6-13-10/h5-6,9H,4H2,1-3H3,(H,12,13,15). The lowest BCUT2D eigenvalue weighted by atomic mass is 10.2. The molecule has 0 aromatic carbocycles. The second-order valence-corrected chi connectivity index (χ2v) is 3.82. The molecule has 0 amide bonds. The third-order valence-corrected chi connectivity index (χ3v) is 2.39. The summed E-state index contributed by atoms with van der Waals surface area (Å²) in [6.07, 6.45) is 2.38. The molecule has 1 N–H and O–H groups in total. The molecule has 2 aromatic heterocycles. The number of aromatic nitrogens is 4. The number of nitrogens with one attached hydrogen (secondary N) is 1. The number of rotatable bonds is 4. The topological polar surface area (TPSA) is 76.7 Å². The zero-order valence-electron chi connectivity index (χ0n) is 10.1.